The van der Waals surface area contributed by atoms with Crippen LogP contribution >= 0.6 is 0 Å². The number of halogens is 1. The average Bonchev–Trinajstić information content (AvgIpc) is 3.04. The molecular formula is C24H25FN2O4. The van der Waals surface area contributed by atoms with E-state index in [1.54, 1.807) is 24.3 Å². The van der Waals surface area contributed by atoms with Gasteiger partial charge in [-0.15, -0.1) is 0 Å². The Kier molecular flexibility index (Phi) is 6.15. The van der Waals surface area contributed by atoms with Crippen LogP contribution in [0.2, 0.25) is 0 Å². The molecular weight excluding hydrogens is 399 g/mol. The predicted octanol–water partition coefficient (Wildman–Crippen LogP) is 2.89. The maximum atomic E-state index is 13.5. The van der Waals surface area contributed by atoms with Crippen LogP contribution in [0.15, 0.2) is 54.1 Å². The van der Waals surface area contributed by atoms with Gasteiger partial charge in [0.2, 0.25) is 0 Å². The summed E-state index contributed by atoms with van der Waals surface area (Å²) in [7, 11) is 0. The molecule has 2 saturated heterocycles. The maximum absolute atomic E-state index is 13.5. The van der Waals surface area contributed by atoms with Crippen molar-refractivity contribution in [3.63, 3.8) is 0 Å². The number of morpholine rings is 1. The van der Waals surface area contributed by atoms with E-state index in [-0.39, 0.29) is 11.3 Å². The summed E-state index contributed by atoms with van der Waals surface area (Å²) < 4.78 is 18.9. The van der Waals surface area contributed by atoms with Crippen LogP contribution in [0, 0.1) is 12.7 Å². The van der Waals surface area contributed by atoms with Gasteiger partial charge in [0.05, 0.1) is 24.8 Å². The molecule has 0 spiro atoms. The molecule has 0 unspecified atom stereocenters. The standard InChI is InChI=1S/C24H25FN2O4/c1-16-2-4-18(5-3-16)22(28)20-21(17-6-8-19(25)9-7-17)27(24(30)23(20)29)11-10-26-12-14-31-15-13-26/h2-9,21,28H,10-15H2,1H3/b22-20+/t21-/m1/s1. The number of benzene rings is 2. The average molecular weight is 424 g/mol. The number of ether oxygens (including phenoxy) is 1. The normalized spacial score (nSPS) is 21.6. The van der Waals surface area contributed by atoms with Gasteiger partial charge in [-0.25, -0.2) is 4.39 Å². The molecule has 2 aliphatic heterocycles. The van der Waals surface area contributed by atoms with Gasteiger partial charge in [0, 0.05) is 31.7 Å². The van der Waals surface area contributed by atoms with E-state index in [9.17, 15) is 19.1 Å². The van der Waals surface area contributed by atoms with Gasteiger partial charge in [0.15, 0.2) is 0 Å². The van der Waals surface area contributed by atoms with Crippen molar-refractivity contribution in [1.29, 1.82) is 0 Å². The van der Waals surface area contributed by atoms with Gasteiger partial charge in [-0.3, -0.25) is 14.5 Å². The van der Waals surface area contributed by atoms with Gasteiger partial charge in [0.1, 0.15) is 11.6 Å². The number of likely N-dealkylation sites (tertiary alicyclic amines) is 1. The maximum Gasteiger partial charge on any atom is 0.295 e. The molecule has 2 heterocycles. The third kappa shape index (κ3) is 4.38. The summed E-state index contributed by atoms with van der Waals surface area (Å²) in [5, 5.41) is 11.0. The number of hydrogen-bond donors (Lipinski definition) is 1. The molecule has 0 bridgehead atoms. The first-order valence-electron chi connectivity index (χ1n) is 10.4. The molecule has 162 valence electrons. The van der Waals surface area contributed by atoms with Gasteiger partial charge in [-0.05, 0) is 24.6 Å². The Labute approximate surface area is 180 Å². The molecule has 4 rings (SSSR count). The monoisotopic (exact) mass is 424 g/mol. The molecule has 6 nitrogen and oxygen atoms in total. The quantitative estimate of drug-likeness (QED) is 0.454. The number of nitrogens with zero attached hydrogens (tertiary/aromatic N) is 2. The van der Waals surface area contributed by atoms with Crippen LogP contribution in [-0.2, 0) is 14.3 Å². The van der Waals surface area contributed by atoms with Gasteiger partial charge < -0.3 is 14.7 Å². The minimum atomic E-state index is -0.775. The largest absolute Gasteiger partial charge is 0.507 e. The van der Waals surface area contributed by atoms with Crippen molar-refractivity contribution in [1.82, 2.24) is 9.80 Å². The Morgan fingerprint density at radius 1 is 1.03 bits per heavy atom. The van der Waals surface area contributed by atoms with E-state index < -0.39 is 23.5 Å². The zero-order valence-electron chi connectivity index (χ0n) is 17.4. The molecule has 1 N–H and O–H groups in total. The lowest BCUT2D eigenvalue weighted by molar-refractivity contribution is -0.140. The second kappa shape index (κ2) is 8.99. The highest BCUT2D eigenvalue weighted by molar-refractivity contribution is 6.46. The van der Waals surface area contributed by atoms with Crippen molar-refractivity contribution in [2.24, 2.45) is 0 Å². The number of aliphatic hydroxyl groups is 1. The smallest absolute Gasteiger partial charge is 0.295 e. The Morgan fingerprint density at radius 2 is 1.68 bits per heavy atom. The number of Topliss-reactive ketones (excluding diaryl/α,β-unsaturated/α-hetero) is 1. The minimum Gasteiger partial charge on any atom is -0.507 e. The molecule has 0 aliphatic carbocycles. The molecule has 7 heteroatoms. The van der Waals surface area contributed by atoms with E-state index in [0.717, 1.165) is 18.7 Å². The first-order valence-corrected chi connectivity index (χ1v) is 10.4. The summed E-state index contributed by atoms with van der Waals surface area (Å²) in [5.41, 5.74) is 2.08. The first-order chi connectivity index (χ1) is 15.0. The number of carbonyl (C=O) groups is 2. The van der Waals surface area contributed by atoms with Crippen LogP contribution < -0.4 is 0 Å². The zero-order valence-corrected chi connectivity index (χ0v) is 17.4. The number of aryl methyl sites for hydroxylation is 1. The van der Waals surface area contributed by atoms with Crippen molar-refractivity contribution in [2.75, 3.05) is 39.4 Å². The number of aliphatic hydroxyl groups excluding tert-OH is 1. The van der Waals surface area contributed by atoms with Crippen molar-refractivity contribution in [3.05, 3.63) is 76.6 Å². The van der Waals surface area contributed by atoms with Gasteiger partial charge in [-0.2, -0.15) is 0 Å². The van der Waals surface area contributed by atoms with Gasteiger partial charge in [-0.1, -0.05) is 42.0 Å². The molecule has 2 fully saturated rings. The van der Waals surface area contributed by atoms with Crippen LogP contribution in [-0.4, -0.2) is 66.0 Å². The third-order valence-electron chi connectivity index (χ3n) is 5.81. The van der Waals surface area contributed by atoms with Crippen molar-refractivity contribution < 1.29 is 23.8 Å². The van der Waals surface area contributed by atoms with Crippen LogP contribution in [0.25, 0.3) is 5.76 Å². The fourth-order valence-electron chi connectivity index (χ4n) is 4.04. The lowest BCUT2D eigenvalue weighted by atomic mass is 9.95. The van der Waals surface area contributed by atoms with Crippen molar-refractivity contribution in [2.45, 2.75) is 13.0 Å². The molecule has 0 saturated carbocycles. The number of ketones is 1. The third-order valence-corrected chi connectivity index (χ3v) is 5.81. The molecule has 0 radical (unpaired) electrons. The molecule has 31 heavy (non-hydrogen) atoms. The molecule has 1 amide bonds. The number of carbonyl (C=O) groups excluding carboxylic acids is 2. The van der Waals surface area contributed by atoms with Crippen LogP contribution in [0.4, 0.5) is 4.39 Å². The lowest BCUT2D eigenvalue weighted by Gasteiger charge is -2.31. The summed E-state index contributed by atoms with van der Waals surface area (Å²) in [6, 6.07) is 12.0. The summed E-state index contributed by atoms with van der Waals surface area (Å²) >= 11 is 0. The number of amides is 1. The topological polar surface area (TPSA) is 70.1 Å². The molecule has 2 aliphatic rings. The SMILES string of the molecule is Cc1ccc(/C(O)=C2\C(=O)C(=O)N(CCN3CCOCC3)[C@@H]2c2ccc(F)cc2)cc1. The zero-order chi connectivity index (χ0) is 22.0. The Balaban J connectivity index is 1.72. The van der Waals surface area contributed by atoms with E-state index in [0.29, 0.717) is 37.4 Å². The van der Waals surface area contributed by atoms with E-state index in [1.807, 2.05) is 19.1 Å². The Morgan fingerprint density at radius 3 is 2.32 bits per heavy atom. The van der Waals surface area contributed by atoms with Crippen molar-refractivity contribution >= 4 is 17.4 Å². The molecule has 2 aromatic carbocycles. The number of hydrogen-bond acceptors (Lipinski definition) is 5. The fourth-order valence-corrected chi connectivity index (χ4v) is 4.04. The summed E-state index contributed by atoms with van der Waals surface area (Å²) in [6.45, 7) is 5.60. The summed E-state index contributed by atoms with van der Waals surface area (Å²) in [6.07, 6.45) is 0. The highest BCUT2D eigenvalue weighted by atomic mass is 19.1. The molecule has 2 aromatic rings. The minimum absolute atomic E-state index is 0.0300. The van der Waals surface area contributed by atoms with Gasteiger partial charge >= 0.3 is 0 Å². The first kappa shape index (κ1) is 21.2. The van der Waals surface area contributed by atoms with E-state index in [2.05, 4.69) is 4.90 Å². The summed E-state index contributed by atoms with van der Waals surface area (Å²) in [4.78, 5) is 29.6. The number of rotatable bonds is 5. The molecule has 1 atom stereocenters. The Bertz CT molecular complexity index is 995. The highest BCUT2D eigenvalue weighted by Crippen LogP contribution is 2.39. The second-order valence-corrected chi connectivity index (χ2v) is 7.86. The predicted molar refractivity (Wildman–Crippen MR) is 114 cm³/mol. The van der Waals surface area contributed by atoms with Crippen LogP contribution in [0.3, 0.4) is 0 Å². The van der Waals surface area contributed by atoms with E-state index in [1.165, 1.54) is 17.0 Å². The van der Waals surface area contributed by atoms with E-state index in [4.69, 9.17) is 4.74 Å². The molecule has 0 aromatic heterocycles. The van der Waals surface area contributed by atoms with Crippen LogP contribution in [0.1, 0.15) is 22.7 Å². The lowest BCUT2D eigenvalue weighted by Crippen LogP contribution is -2.42. The van der Waals surface area contributed by atoms with Crippen LogP contribution in [0.5, 0.6) is 0 Å². The summed E-state index contributed by atoms with van der Waals surface area (Å²) in [5.74, 6) is -2.01. The highest BCUT2D eigenvalue weighted by Gasteiger charge is 2.46. The Hall–Kier alpha value is -3.03. The fraction of sp³-hybridized carbons (Fsp3) is 0.333. The van der Waals surface area contributed by atoms with Crippen molar-refractivity contribution in [3.8, 4) is 0 Å². The van der Waals surface area contributed by atoms with E-state index >= 15 is 0 Å². The van der Waals surface area contributed by atoms with Gasteiger partial charge in [0.25, 0.3) is 11.7 Å². The second-order valence-electron chi connectivity index (χ2n) is 7.86.